The van der Waals surface area contributed by atoms with Crippen LogP contribution in [-0.2, 0) is 6.42 Å². The van der Waals surface area contributed by atoms with Crippen molar-refractivity contribution in [3.8, 4) is 0 Å². The Kier molecular flexibility index (Phi) is 3.20. The van der Waals surface area contributed by atoms with Crippen LogP contribution < -0.4 is 5.32 Å². The lowest BCUT2D eigenvalue weighted by molar-refractivity contribution is 0.575. The van der Waals surface area contributed by atoms with Gasteiger partial charge in [-0.1, -0.05) is 24.3 Å². The molecule has 2 heteroatoms. The standard InChI is InChI=1S/C14H19NS/c1-2-4-14(13-9-16-10-13)12(3-1)7-11-5-6-15-8-11/h1-4,11,13,15H,5-10H2. The van der Waals surface area contributed by atoms with Crippen LogP contribution in [0.4, 0.5) is 0 Å². The molecule has 86 valence electrons. The highest BCUT2D eigenvalue weighted by Crippen LogP contribution is 2.36. The number of rotatable bonds is 3. The lowest BCUT2D eigenvalue weighted by Crippen LogP contribution is -2.18. The molecule has 2 fully saturated rings. The first-order chi connectivity index (χ1) is 7.93. The summed E-state index contributed by atoms with van der Waals surface area (Å²) in [6, 6.07) is 9.10. The van der Waals surface area contributed by atoms with Gasteiger partial charge in [0.25, 0.3) is 0 Å². The van der Waals surface area contributed by atoms with Crippen molar-refractivity contribution >= 4 is 11.8 Å². The van der Waals surface area contributed by atoms with Crippen molar-refractivity contribution in [1.29, 1.82) is 0 Å². The average Bonchev–Trinajstić information content (AvgIpc) is 2.71. The molecule has 1 unspecified atom stereocenters. The second kappa shape index (κ2) is 4.80. The molecule has 0 spiro atoms. The van der Waals surface area contributed by atoms with E-state index in [-0.39, 0.29) is 0 Å². The van der Waals surface area contributed by atoms with Crippen LogP contribution in [0.5, 0.6) is 0 Å². The minimum atomic E-state index is 0.843. The third-order valence-corrected chi connectivity index (χ3v) is 5.08. The second-order valence-electron chi connectivity index (χ2n) is 5.00. The Hall–Kier alpha value is -0.470. The SMILES string of the molecule is c1ccc(C2CSC2)c(CC2CCNC2)c1. The first-order valence-electron chi connectivity index (χ1n) is 6.30. The summed E-state index contributed by atoms with van der Waals surface area (Å²) in [6.07, 6.45) is 2.64. The van der Waals surface area contributed by atoms with E-state index in [0.29, 0.717) is 0 Å². The van der Waals surface area contributed by atoms with Crippen molar-refractivity contribution in [1.82, 2.24) is 5.32 Å². The number of thioether (sulfide) groups is 1. The predicted octanol–water partition coefficient (Wildman–Crippen LogP) is 2.67. The maximum absolute atomic E-state index is 3.47. The molecule has 2 aliphatic rings. The van der Waals surface area contributed by atoms with Gasteiger partial charge < -0.3 is 5.32 Å². The van der Waals surface area contributed by atoms with Crippen LogP contribution in [0.3, 0.4) is 0 Å². The van der Waals surface area contributed by atoms with Crippen LogP contribution in [0.15, 0.2) is 24.3 Å². The smallest absolute Gasteiger partial charge is 0.00225 e. The monoisotopic (exact) mass is 233 g/mol. The van der Waals surface area contributed by atoms with E-state index in [1.807, 2.05) is 0 Å². The Morgan fingerprint density at radius 3 is 2.81 bits per heavy atom. The van der Waals surface area contributed by atoms with Gasteiger partial charge in [0.15, 0.2) is 0 Å². The summed E-state index contributed by atoms with van der Waals surface area (Å²) in [5, 5.41) is 3.47. The van der Waals surface area contributed by atoms with E-state index in [0.717, 1.165) is 11.8 Å². The fraction of sp³-hybridized carbons (Fsp3) is 0.571. The topological polar surface area (TPSA) is 12.0 Å². The minimum Gasteiger partial charge on any atom is -0.316 e. The number of hydrogen-bond acceptors (Lipinski definition) is 2. The molecule has 2 aliphatic heterocycles. The average molecular weight is 233 g/mol. The fourth-order valence-electron chi connectivity index (χ4n) is 2.73. The largest absolute Gasteiger partial charge is 0.316 e. The normalized spacial score (nSPS) is 25.6. The molecule has 3 rings (SSSR count). The molecule has 1 aromatic carbocycles. The number of benzene rings is 1. The summed E-state index contributed by atoms with van der Waals surface area (Å²) in [6.45, 7) is 2.43. The van der Waals surface area contributed by atoms with Crippen molar-refractivity contribution in [2.45, 2.75) is 18.8 Å². The van der Waals surface area contributed by atoms with Crippen LogP contribution in [0.25, 0.3) is 0 Å². The van der Waals surface area contributed by atoms with Gasteiger partial charge in [-0.05, 0) is 43.0 Å². The van der Waals surface area contributed by atoms with Crippen LogP contribution in [0, 0.1) is 5.92 Å². The Labute approximate surface area is 102 Å². The Morgan fingerprint density at radius 2 is 2.12 bits per heavy atom. The van der Waals surface area contributed by atoms with Crippen molar-refractivity contribution in [3.05, 3.63) is 35.4 Å². The van der Waals surface area contributed by atoms with E-state index in [1.54, 1.807) is 11.1 Å². The van der Waals surface area contributed by atoms with Gasteiger partial charge in [0, 0.05) is 17.4 Å². The summed E-state index contributed by atoms with van der Waals surface area (Å²) >= 11 is 2.08. The Morgan fingerprint density at radius 1 is 1.25 bits per heavy atom. The van der Waals surface area contributed by atoms with Gasteiger partial charge in [-0.2, -0.15) is 11.8 Å². The van der Waals surface area contributed by atoms with Crippen LogP contribution in [0.1, 0.15) is 23.5 Å². The van der Waals surface area contributed by atoms with Crippen molar-refractivity contribution in [3.63, 3.8) is 0 Å². The third-order valence-electron chi connectivity index (χ3n) is 3.80. The molecule has 0 bridgehead atoms. The highest BCUT2D eigenvalue weighted by atomic mass is 32.2. The highest BCUT2D eigenvalue weighted by molar-refractivity contribution is 8.00. The lowest BCUT2D eigenvalue weighted by Gasteiger charge is -2.28. The van der Waals surface area contributed by atoms with Gasteiger partial charge >= 0.3 is 0 Å². The van der Waals surface area contributed by atoms with Crippen molar-refractivity contribution < 1.29 is 0 Å². The molecule has 0 amide bonds. The summed E-state index contributed by atoms with van der Waals surface area (Å²) in [4.78, 5) is 0. The molecule has 1 nitrogen and oxygen atoms in total. The predicted molar refractivity (Wildman–Crippen MR) is 71.2 cm³/mol. The zero-order valence-corrected chi connectivity index (χ0v) is 10.4. The molecule has 2 heterocycles. The summed E-state index contributed by atoms with van der Waals surface area (Å²) in [5.74, 6) is 4.38. The van der Waals surface area contributed by atoms with Crippen LogP contribution >= 0.6 is 11.8 Å². The van der Waals surface area contributed by atoms with E-state index in [9.17, 15) is 0 Å². The molecule has 0 radical (unpaired) electrons. The molecule has 1 N–H and O–H groups in total. The van der Waals surface area contributed by atoms with Gasteiger partial charge in [-0.25, -0.2) is 0 Å². The first kappa shape index (κ1) is 10.7. The fourth-order valence-corrected chi connectivity index (χ4v) is 3.56. The maximum atomic E-state index is 3.47. The van der Waals surface area contributed by atoms with E-state index in [4.69, 9.17) is 0 Å². The molecule has 0 aromatic heterocycles. The van der Waals surface area contributed by atoms with E-state index in [2.05, 4.69) is 41.3 Å². The second-order valence-corrected chi connectivity index (χ2v) is 6.07. The van der Waals surface area contributed by atoms with Crippen molar-refractivity contribution in [2.75, 3.05) is 24.6 Å². The van der Waals surface area contributed by atoms with Gasteiger partial charge in [0.2, 0.25) is 0 Å². The van der Waals surface area contributed by atoms with Gasteiger partial charge in [0.05, 0.1) is 0 Å². The maximum Gasteiger partial charge on any atom is 0.00225 e. The molecule has 1 aromatic rings. The van der Waals surface area contributed by atoms with Gasteiger partial charge in [0.1, 0.15) is 0 Å². The quantitative estimate of drug-likeness (QED) is 0.861. The number of hydrogen-bond donors (Lipinski definition) is 1. The summed E-state index contributed by atoms with van der Waals surface area (Å²) < 4.78 is 0. The highest BCUT2D eigenvalue weighted by Gasteiger charge is 2.24. The van der Waals surface area contributed by atoms with E-state index in [1.165, 1.54) is 37.4 Å². The minimum absolute atomic E-state index is 0.843. The number of nitrogens with one attached hydrogen (secondary N) is 1. The molecule has 16 heavy (non-hydrogen) atoms. The molecular formula is C14H19NS. The molecule has 0 saturated carbocycles. The summed E-state index contributed by atoms with van der Waals surface area (Å²) in [7, 11) is 0. The van der Waals surface area contributed by atoms with E-state index >= 15 is 0 Å². The van der Waals surface area contributed by atoms with Gasteiger partial charge in [-0.3, -0.25) is 0 Å². The van der Waals surface area contributed by atoms with Crippen LogP contribution in [-0.4, -0.2) is 24.6 Å². The first-order valence-corrected chi connectivity index (χ1v) is 7.45. The summed E-state index contributed by atoms with van der Waals surface area (Å²) in [5.41, 5.74) is 3.25. The molecule has 0 aliphatic carbocycles. The van der Waals surface area contributed by atoms with Gasteiger partial charge in [-0.15, -0.1) is 0 Å². The third kappa shape index (κ3) is 2.14. The zero-order chi connectivity index (χ0) is 10.8. The zero-order valence-electron chi connectivity index (χ0n) is 9.61. The molecular weight excluding hydrogens is 214 g/mol. The molecule has 2 saturated heterocycles. The van der Waals surface area contributed by atoms with Crippen LogP contribution in [0.2, 0.25) is 0 Å². The Bertz CT molecular complexity index is 354. The van der Waals surface area contributed by atoms with E-state index < -0.39 is 0 Å². The van der Waals surface area contributed by atoms with Crippen molar-refractivity contribution in [2.24, 2.45) is 5.92 Å². The molecule has 1 atom stereocenters. The Balaban J connectivity index is 1.76. The lowest BCUT2D eigenvalue weighted by atomic mass is 9.90.